The first-order valence-electron chi connectivity index (χ1n) is 5.58. The number of aromatic nitrogens is 3. The first kappa shape index (κ1) is 12.7. The van der Waals surface area contributed by atoms with Crippen LogP contribution in [0.4, 0.5) is 14.7 Å². The minimum atomic E-state index is -2.43. The maximum absolute atomic E-state index is 11.8. The van der Waals surface area contributed by atoms with E-state index in [1.165, 1.54) is 0 Å². The summed E-state index contributed by atoms with van der Waals surface area (Å²) in [7, 11) is 0. The van der Waals surface area contributed by atoms with Crippen LogP contribution in [0.5, 0.6) is 0 Å². The molecule has 2 rings (SSSR count). The SMILES string of the molecule is Cc1cccn2nc(NCCOCC(F)F)nc12. The van der Waals surface area contributed by atoms with Crippen molar-refractivity contribution in [2.24, 2.45) is 0 Å². The highest BCUT2D eigenvalue weighted by Crippen LogP contribution is 2.09. The Bertz CT molecular complexity index is 515. The molecular formula is C11H14F2N4O. The number of pyridine rings is 1. The lowest BCUT2D eigenvalue weighted by Crippen LogP contribution is -2.13. The Kier molecular flexibility index (Phi) is 4.03. The van der Waals surface area contributed by atoms with Gasteiger partial charge in [-0.2, -0.15) is 4.98 Å². The van der Waals surface area contributed by atoms with E-state index in [0.29, 0.717) is 12.5 Å². The zero-order valence-electron chi connectivity index (χ0n) is 9.94. The van der Waals surface area contributed by atoms with Gasteiger partial charge in [-0.1, -0.05) is 6.07 Å². The van der Waals surface area contributed by atoms with Crippen LogP contribution in [0.15, 0.2) is 18.3 Å². The summed E-state index contributed by atoms with van der Waals surface area (Å²) in [5.41, 5.74) is 1.79. The lowest BCUT2D eigenvalue weighted by atomic mass is 10.3. The van der Waals surface area contributed by atoms with Crippen LogP contribution in [0, 0.1) is 6.92 Å². The Morgan fingerprint density at radius 3 is 3.06 bits per heavy atom. The van der Waals surface area contributed by atoms with Gasteiger partial charge in [-0.05, 0) is 18.6 Å². The van der Waals surface area contributed by atoms with Gasteiger partial charge in [0.2, 0.25) is 5.95 Å². The molecule has 5 nitrogen and oxygen atoms in total. The number of hydrogen-bond donors (Lipinski definition) is 1. The molecule has 0 unspecified atom stereocenters. The molecule has 0 aliphatic carbocycles. The maximum atomic E-state index is 11.8. The fraction of sp³-hybridized carbons (Fsp3) is 0.455. The number of nitrogens with one attached hydrogen (secondary N) is 1. The van der Waals surface area contributed by atoms with Crippen LogP contribution < -0.4 is 5.32 Å². The van der Waals surface area contributed by atoms with Crippen molar-refractivity contribution in [3.05, 3.63) is 23.9 Å². The van der Waals surface area contributed by atoms with Gasteiger partial charge < -0.3 is 10.1 Å². The highest BCUT2D eigenvalue weighted by atomic mass is 19.3. The Labute approximate surface area is 103 Å². The molecule has 0 atom stereocenters. The van der Waals surface area contributed by atoms with Gasteiger partial charge in [0.05, 0.1) is 6.61 Å². The van der Waals surface area contributed by atoms with Gasteiger partial charge in [0.1, 0.15) is 6.61 Å². The number of rotatable bonds is 6. The molecule has 98 valence electrons. The second-order valence-electron chi connectivity index (χ2n) is 3.79. The summed E-state index contributed by atoms with van der Waals surface area (Å²) >= 11 is 0. The van der Waals surface area contributed by atoms with E-state index >= 15 is 0 Å². The molecule has 0 saturated carbocycles. The van der Waals surface area contributed by atoms with E-state index in [9.17, 15) is 8.78 Å². The smallest absolute Gasteiger partial charge is 0.261 e. The molecule has 0 saturated heterocycles. The molecule has 0 aromatic carbocycles. The van der Waals surface area contributed by atoms with Crippen LogP contribution in [0.3, 0.4) is 0 Å². The minimum Gasteiger partial charge on any atom is -0.374 e. The second kappa shape index (κ2) is 5.72. The van der Waals surface area contributed by atoms with E-state index < -0.39 is 13.0 Å². The van der Waals surface area contributed by atoms with Gasteiger partial charge in [-0.15, -0.1) is 5.10 Å². The molecule has 1 N–H and O–H groups in total. The number of halogens is 2. The summed E-state index contributed by atoms with van der Waals surface area (Å²) in [5, 5.41) is 7.12. The summed E-state index contributed by atoms with van der Waals surface area (Å²) in [6.07, 6.45) is -0.630. The van der Waals surface area contributed by atoms with Crippen molar-refractivity contribution in [2.75, 3.05) is 25.1 Å². The van der Waals surface area contributed by atoms with E-state index in [1.54, 1.807) is 10.7 Å². The van der Waals surface area contributed by atoms with Crippen LogP contribution >= 0.6 is 0 Å². The number of aryl methyl sites for hydroxylation is 1. The second-order valence-corrected chi connectivity index (χ2v) is 3.79. The van der Waals surface area contributed by atoms with Crippen molar-refractivity contribution >= 4 is 11.6 Å². The molecule has 2 aromatic rings. The van der Waals surface area contributed by atoms with Gasteiger partial charge in [-0.3, -0.25) is 0 Å². The van der Waals surface area contributed by atoms with E-state index in [0.717, 1.165) is 11.2 Å². The number of nitrogens with zero attached hydrogens (tertiary/aromatic N) is 3. The predicted molar refractivity (Wildman–Crippen MR) is 63.0 cm³/mol. The molecule has 2 heterocycles. The zero-order chi connectivity index (χ0) is 13.0. The van der Waals surface area contributed by atoms with Crippen molar-refractivity contribution in [1.82, 2.24) is 14.6 Å². The van der Waals surface area contributed by atoms with Crippen molar-refractivity contribution in [3.8, 4) is 0 Å². The average Bonchev–Trinajstić information content (AvgIpc) is 2.72. The first-order valence-corrected chi connectivity index (χ1v) is 5.58. The highest BCUT2D eigenvalue weighted by Gasteiger charge is 2.05. The van der Waals surface area contributed by atoms with Crippen LogP contribution in [0.1, 0.15) is 5.56 Å². The Hall–Kier alpha value is -1.76. The zero-order valence-corrected chi connectivity index (χ0v) is 9.94. The van der Waals surface area contributed by atoms with E-state index in [1.807, 2.05) is 19.1 Å². The first-order chi connectivity index (χ1) is 8.66. The third-order valence-electron chi connectivity index (χ3n) is 2.33. The quantitative estimate of drug-likeness (QED) is 0.800. The highest BCUT2D eigenvalue weighted by molar-refractivity contribution is 5.49. The molecular weight excluding hydrogens is 242 g/mol. The average molecular weight is 256 g/mol. The van der Waals surface area contributed by atoms with E-state index in [2.05, 4.69) is 15.4 Å². The number of alkyl halides is 2. The topological polar surface area (TPSA) is 51.5 Å². The normalized spacial score (nSPS) is 11.3. The van der Waals surface area contributed by atoms with Crippen LogP contribution in [0.25, 0.3) is 5.65 Å². The summed E-state index contributed by atoms with van der Waals surface area (Å²) in [6, 6.07) is 3.83. The lowest BCUT2D eigenvalue weighted by molar-refractivity contribution is 0.0214. The van der Waals surface area contributed by atoms with Gasteiger partial charge >= 0.3 is 0 Å². The number of fused-ring (bicyclic) bond motifs is 1. The Morgan fingerprint density at radius 2 is 2.33 bits per heavy atom. The van der Waals surface area contributed by atoms with Crippen molar-refractivity contribution < 1.29 is 13.5 Å². The maximum Gasteiger partial charge on any atom is 0.261 e. The summed E-state index contributed by atoms with van der Waals surface area (Å²) in [5.74, 6) is 0.463. The summed E-state index contributed by atoms with van der Waals surface area (Å²) in [4.78, 5) is 4.28. The summed E-state index contributed by atoms with van der Waals surface area (Å²) in [6.45, 7) is 1.99. The van der Waals surface area contributed by atoms with Crippen molar-refractivity contribution in [3.63, 3.8) is 0 Å². The molecule has 0 spiro atoms. The predicted octanol–water partition coefficient (Wildman–Crippen LogP) is 1.73. The summed E-state index contributed by atoms with van der Waals surface area (Å²) < 4.78 is 30.0. The van der Waals surface area contributed by atoms with Crippen LogP contribution in [0.2, 0.25) is 0 Å². The van der Waals surface area contributed by atoms with Crippen molar-refractivity contribution in [1.29, 1.82) is 0 Å². The molecule has 0 fully saturated rings. The molecule has 0 aliphatic rings. The van der Waals surface area contributed by atoms with Crippen molar-refractivity contribution in [2.45, 2.75) is 13.3 Å². The molecule has 0 aliphatic heterocycles. The fourth-order valence-corrected chi connectivity index (χ4v) is 1.52. The van der Waals surface area contributed by atoms with E-state index in [-0.39, 0.29) is 6.61 Å². The third-order valence-corrected chi connectivity index (χ3v) is 2.33. The molecule has 2 aromatic heterocycles. The fourth-order valence-electron chi connectivity index (χ4n) is 1.52. The minimum absolute atomic E-state index is 0.193. The molecule has 0 bridgehead atoms. The Balaban J connectivity index is 1.87. The number of ether oxygens (including phenoxy) is 1. The number of hydrogen-bond acceptors (Lipinski definition) is 4. The van der Waals surface area contributed by atoms with Gasteiger partial charge in [0.25, 0.3) is 6.43 Å². The molecule has 0 amide bonds. The van der Waals surface area contributed by atoms with Gasteiger partial charge in [0, 0.05) is 12.7 Å². The Morgan fingerprint density at radius 1 is 1.50 bits per heavy atom. The van der Waals surface area contributed by atoms with Gasteiger partial charge in [-0.25, -0.2) is 13.3 Å². The molecule has 7 heteroatoms. The standard InChI is InChI=1S/C11H14F2N4O/c1-8-3-2-5-17-10(8)15-11(16-17)14-4-6-18-7-9(12)13/h2-3,5,9H,4,6-7H2,1H3,(H,14,16). The third kappa shape index (κ3) is 3.13. The van der Waals surface area contributed by atoms with E-state index in [4.69, 9.17) is 4.74 Å². The van der Waals surface area contributed by atoms with Crippen LogP contribution in [-0.4, -0.2) is 40.8 Å². The van der Waals surface area contributed by atoms with Gasteiger partial charge in [0.15, 0.2) is 5.65 Å². The lowest BCUT2D eigenvalue weighted by Gasteiger charge is -2.03. The monoisotopic (exact) mass is 256 g/mol. The van der Waals surface area contributed by atoms with Crippen LogP contribution in [-0.2, 0) is 4.74 Å². The largest absolute Gasteiger partial charge is 0.374 e. The molecule has 18 heavy (non-hydrogen) atoms. The number of anilines is 1. The molecule has 0 radical (unpaired) electrons.